The average molecular weight is 314 g/mol. The van der Waals surface area contributed by atoms with E-state index >= 15 is 0 Å². The fraction of sp³-hybridized carbons (Fsp3) is 0.462. The number of hydrogen-bond donors (Lipinski definition) is 2. The first-order valence-electron chi connectivity index (χ1n) is 6.52. The van der Waals surface area contributed by atoms with Crippen molar-refractivity contribution in [3.8, 4) is 0 Å². The number of carbonyl (C=O) groups is 1. The Balaban J connectivity index is 2.19. The number of halogens is 1. The van der Waals surface area contributed by atoms with Crippen LogP contribution in [0.4, 0.5) is 11.4 Å². The van der Waals surface area contributed by atoms with Crippen LogP contribution < -0.4 is 11.1 Å². The number of amides is 1. The number of carbonyl (C=O) groups excluding carboxylic acids is 1. The van der Waals surface area contributed by atoms with Crippen LogP contribution in [0, 0.1) is 15.5 Å². The summed E-state index contributed by atoms with van der Waals surface area (Å²) in [7, 11) is 0. The number of nitrogens with one attached hydrogen (secondary N) is 1. The van der Waals surface area contributed by atoms with Crippen LogP contribution in [0.3, 0.4) is 0 Å². The van der Waals surface area contributed by atoms with Crippen LogP contribution in [-0.2, 0) is 9.53 Å². The van der Waals surface area contributed by atoms with Crippen molar-refractivity contribution in [3.05, 3.63) is 33.3 Å². The van der Waals surface area contributed by atoms with Crippen molar-refractivity contribution >= 4 is 28.9 Å². The molecule has 114 valence electrons. The van der Waals surface area contributed by atoms with Crippen LogP contribution in [0.5, 0.6) is 0 Å². The summed E-state index contributed by atoms with van der Waals surface area (Å²) in [5.41, 5.74) is 5.14. The number of anilines is 1. The van der Waals surface area contributed by atoms with Gasteiger partial charge in [-0.15, -0.1) is 0 Å². The molecule has 0 radical (unpaired) electrons. The molecule has 8 heteroatoms. The lowest BCUT2D eigenvalue weighted by atomic mass is 9.79. The van der Waals surface area contributed by atoms with Crippen LogP contribution in [0.15, 0.2) is 18.2 Å². The van der Waals surface area contributed by atoms with Crippen molar-refractivity contribution in [1.29, 1.82) is 0 Å². The molecule has 3 N–H and O–H groups in total. The summed E-state index contributed by atoms with van der Waals surface area (Å²) in [6.45, 7) is 1.16. The molecule has 1 aromatic carbocycles. The lowest BCUT2D eigenvalue weighted by Gasteiger charge is -2.34. The molecule has 0 bridgehead atoms. The number of nitro benzene ring substituents is 1. The summed E-state index contributed by atoms with van der Waals surface area (Å²) < 4.78 is 5.25. The molecule has 21 heavy (non-hydrogen) atoms. The molecular formula is C13H16ClN3O4. The van der Waals surface area contributed by atoms with E-state index in [9.17, 15) is 14.9 Å². The van der Waals surface area contributed by atoms with Crippen molar-refractivity contribution in [1.82, 2.24) is 0 Å². The number of ether oxygens (including phenoxy) is 1. The van der Waals surface area contributed by atoms with Gasteiger partial charge in [0.2, 0.25) is 5.91 Å². The summed E-state index contributed by atoms with van der Waals surface area (Å²) >= 11 is 5.74. The fourth-order valence-electron chi connectivity index (χ4n) is 2.28. The predicted molar refractivity (Wildman–Crippen MR) is 78.3 cm³/mol. The number of nitrogens with zero attached hydrogens (tertiary/aromatic N) is 1. The molecule has 1 heterocycles. The first-order chi connectivity index (χ1) is 9.98. The van der Waals surface area contributed by atoms with Crippen LogP contribution >= 0.6 is 11.6 Å². The molecule has 0 unspecified atom stereocenters. The lowest BCUT2D eigenvalue weighted by molar-refractivity contribution is -0.384. The van der Waals surface area contributed by atoms with Gasteiger partial charge in [-0.3, -0.25) is 14.9 Å². The Morgan fingerprint density at radius 2 is 2.14 bits per heavy atom. The van der Waals surface area contributed by atoms with Gasteiger partial charge >= 0.3 is 0 Å². The van der Waals surface area contributed by atoms with E-state index in [1.54, 1.807) is 0 Å². The molecule has 2 rings (SSSR count). The van der Waals surface area contributed by atoms with Crippen molar-refractivity contribution in [2.24, 2.45) is 11.1 Å². The van der Waals surface area contributed by atoms with Gasteiger partial charge in [0.05, 0.1) is 10.3 Å². The molecule has 1 aliphatic rings. The van der Waals surface area contributed by atoms with E-state index in [0.717, 1.165) is 0 Å². The molecule has 1 saturated heterocycles. The number of nitro groups is 1. The van der Waals surface area contributed by atoms with E-state index in [1.807, 2.05) is 0 Å². The number of hydrogen-bond acceptors (Lipinski definition) is 5. The molecule has 1 fully saturated rings. The highest BCUT2D eigenvalue weighted by Gasteiger charge is 2.38. The van der Waals surface area contributed by atoms with Gasteiger partial charge in [-0.05, 0) is 25.0 Å². The Morgan fingerprint density at radius 1 is 1.48 bits per heavy atom. The summed E-state index contributed by atoms with van der Waals surface area (Å²) in [4.78, 5) is 22.7. The second-order valence-corrected chi connectivity index (χ2v) is 5.38. The Morgan fingerprint density at radius 3 is 2.71 bits per heavy atom. The van der Waals surface area contributed by atoms with E-state index in [-0.39, 0.29) is 23.2 Å². The van der Waals surface area contributed by atoms with Crippen molar-refractivity contribution in [3.63, 3.8) is 0 Å². The summed E-state index contributed by atoms with van der Waals surface area (Å²) in [5.74, 6) is -0.245. The van der Waals surface area contributed by atoms with Crippen molar-refractivity contribution < 1.29 is 14.5 Å². The van der Waals surface area contributed by atoms with Crippen molar-refractivity contribution in [2.75, 3.05) is 25.1 Å². The van der Waals surface area contributed by atoms with Gasteiger partial charge in [-0.2, -0.15) is 0 Å². The Kier molecular flexibility index (Phi) is 4.76. The van der Waals surface area contributed by atoms with Gasteiger partial charge in [0.25, 0.3) is 5.69 Å². The maximum absolute atomic E-state index is 12.4. The van der Waals surface area contributed by atoms with E-state index in [2.05, 4.69) is 5.32 Å². The Labute approximate surface area is 126 Å². The molecular weight excluding hydrogens is 298 g/mol. The molecule has 0 aliphatic carbocycles. The first kappa shape index (κ1) is 15.7. The van der Waals surface area contributed by atoms with Gasteiger partial charge in [-0.25, -0.2) is 0 Å². The fourth-order valence-corrected chi connectivity index (χ4v) is 2.47. The minimum atomic E-state index is -0.688. The standard InChI is InChI=1S/C13H16ClN3O4/c14-10-2-1-9(7-11(10)17(19)20)16-12(18)13(8-15)3-5-21-6-4-13/h1-2,7H,3-6,8,15H2,(H,16,18). The number of benzene rings is 1. The highest BCUT2D eigenvalue weighted by molar-refractivity contribution is 6.32. The highest BCUT2D eigenvalue weighted by atomic mass is 35.5. The van der Waals surface area contributed by atoms with E-state index in [0.29, 0.717) is 31.7 Å². The monoisotopic (exact) mass is 313 g/mol. The zero-order valence-corrected chi connectivity index (χ0v) is 12.1. The van der Waals surface area contributed by atoms with Crippen molar-refractivity contribution in [2.45, 2.75) is 12.8 Å². The molecule has 1 aromatic rings. The SMILES string of the molecule is NCC1(C(=O)Nc2ccc(Cl)c([N+](=O)[O-])c2)CCOCC1. The maximum Gasteiger partial charge on any atom is 0.289 e. The third-order valence-corrected chi connectivity index (χ3v) is 4.04. The highest BCUT2D eigenvalue weighted by Crippen LogP contribution is 2.32. The second-order valence-electron chi connectivity index (χ2n) is 4.97. The predicted octanol–water partition coefficient (Wildman–Crippen LogP) is 1.94. The summed E-state index contributed by atoms with van der Waals surface area (Å²) in [6, 6.07) is 4.15. The molecule has 0 aromatic heterocycles. The van der Waals surface area contributed by atoms with E-state index in [4.69, 9.17) is 22.1 Å². The summed E-state index contributed by atoms with van der Waals surface area (Å²) in [6.07, 6.45) is 1.07. The van der Waals surface area contributed by atoms with Gasteiger partial charge in [0.1, 0.15) is 5.02 Å². The normalized spacial score (nSPS) is 17.2. The molecule has 1 aliphatic heterocycles. The Bertz CT molecular complexity index is 558. The lowest BCUT2D eigenvalue weighted by Crippen LogP contribution is -2.46. The average Bonchev–Trinajstić information content (AvgIpc) is 2.49. The third kappa shape index (κ3) is 3.31. The molecule has 0 spiro atoms. The zero-order valence-electron chi connectivity index (χ0n) is 11.3. The molecule has 0 atom stereocenters. The van der Waals surface area contributed by atoms with Crippen LogP contribution in [-0.4, -0.2) is 30.6 Å². The number of rotatable bonds is 4. The van der Waals surface area contributed by atoms with E-state index in [1.165, 1.54) is 18.2 Å². The van der Waals surface area contributed by atoms with Crippen LogP contribution in [0.25, 0.3) is 0 Å². The van der Waals surface area contributed by atoms with Gasteiger partial charge in [0.15, 0.2) is 0 Å². The third-order valence-electron chi connectivity index (χ3n) is 3.72. The maximum atomic E-state index is 12.4. The minimum absolute atomic E-state index is 0.0256. The van der Waals surface area contributed by atoms with Gasteiger partial charge in [-0.1, -0.05) is 11.6 Å². The Hall–Kier alpha value is -1.70. The van der Waals surface area contributed by atoms with Gasteiger partial charge < -0.3 is 15.8 Å². The van der Waals surface area contributed by atoms with Gasteiger partial charge in [0, 0.05) is 31.5 Å². The quantitative estimate of drug-likeness (QED) is 0.652. The first-order valence-corrected chi connectivity index (χ1v) is 6.89. The van der Waals surface area contributed by atoms with Crippen LogP contribution in [0.2, 0.25) is 5.02 Å². The smallest absolute Gasteiger partial charge is 0.289 e. The molecule has 1 amide bonds. The zero-order chi connectivity index (χ0) is 15.5. The van der Waals surface area contributed by atoms with Crippen LogP contribution in [0.1, 0.15) is 12.8 Å². The summed E-state index contributed by atoms with van der Waals surface area (Å²) in [5, 5.41) is 13.6. The minimum Gasteiger partial charge on any atom is -0.381 e. The molecule has 0 saturated carbocycles. The van der Waals surface area contributed by atoms with E-state index < -0.39 is 10.3 Å². The second kappa shape index (κ2) is 6.38. The largest absolute Gasteiger partial charge is 0.381 e. The number of nitrogens with two attached hydrogens (primary N) is 1. The topological polar surface area (TPSA) is 107 Å². The molecule has 7 nitrogen and oxygen atoms in total.